The van der Waals surface area contributed by atoms with E-state index in [4.69, 9.17) is 50.2 Å². The quantitative estimate of drug-likeness (QED) is 0.0545. The normalized spacial score (nSPS) is 13.1. The molecule has 1 unspecified atom stereocenters. The van der Waals surface area contributed by atoms with E-state index in [1.54, 1.807) is 49.8 Å². The van der Waals surface area contributed by atoms with E-state index in [1.165, 1.54) is 38.5 Å². The maximum absolute atomic E-state index is 5.81. The van der Waals surface area contributed by atoms with Crippen molar-refractivity contribution in [3.8, 4) is 0 Å². The second kappa shape index (κ2) is 32.5. The van der Waals surface area contributed by atoms with Crippen molar-refractivity contribution in [1.82, 2.24) is 0 Å². The Kier molecular flexibility index (Phi) is 32.5. The minimum atomic E-state index is -2.86. The second-order valence-corrected chi connectivity index (χ2v) is 17.5. The van der Waals surface area contributed by atoms with Crippen molar-refractivity contribution in [3.63, 3.8) is 0 Å². The molecule has 0 spiro atoms. The highest BCUT2D eigenvalue weighted by atomic mass is 28.4. The van der Waals surface area contributed by atoms with E-state index in [1.807, 2.05) is 0 Å². The van der Waals surface area contributed by atoms with Crippen molar-refractivity contribution in [2.45, 2.75) is 101 Å². The number of hydrogen-bond donors (Lipinski definition) is 0. The van der Waals surface area contributed by atoms with Crippen LogP contribution in [0.2, 0.25) is 11.6 Å². The van der Waals surface area contributed by atoms with Gasteiger partial charge in [0.15, 0.2) is 0 Å². The van der Waals surface area contributed by atoms with E-state index in [2.05, 4.69) is 0 Å². The first-order valence-electron chi connectivity index (χ1n) is 17.1. The van der Waals surface area contributed by atoms with Crippen LogP contribution >= 0.6 is 0 Å². The first-order valence-corrected chi connectivity index (χ1v) is 20.9. The van der Waals surface area contributed by atoms with Crippen LogP contribution in [0.5, 0.6) is 0 Å². The summed E-state index contributed by atoms with van der Waals surface area (Å²) in [5, 5.41) is 0. The molecule has 13 heteroatoms. The number of unbranched alkanes of at least 4 members (excludes halogenated alkanes) is 9. The predicted octanol–water partition coefficient (Wildman–Crippen LogP) is 6.29. The Morgan fingerprint density at radius 3 is 1.09 bits per heavy atom. The average Bonchev–Trinajstić information content (AvgIpc) is 3.07. The van der Waals surface area contributed by atoms with E-state index in [0.29, 0.717) is 19.3 Å². The third-order valence-electron chi connectivity index (χ3n) is 8.04. The van der Waals surface area contributed by atoms with Crippen LogP contribution in [0.15, 0.2) is 0 Å². The Labute approximate surface area is 278 Å². The highest BCUT2D eigenvalue weighted by molar-refractivity contribution is 6.67. The van der Waals surface area contributed by atoms with Crippen LogP contribution < -0.4 is 0 Å². The highest BCUT2D eigenvalue weighted by Crippen LogP contribution is 2.37. The first kappa shape index (κ1) is 45.0. The molecule has 0 amide bonds. The summed E-state index contributed by atoms with van der Waals surface area (Å²) < 4.78 is 62.0. The van der Waals surface area contributed by atoms with Gasteiger partial charge >= 0.3 is 17.6 Å². The lowest BCUT2D eigenvalue weighted by Crippen LogP contribution is -2.53. The predicted molar refractivity (Wildman–Crippen MR) is 182 cm³/mol. The fourth-order valence-electron chi connectivity index (χ4n) is 5.27. The molecule has 0 bridgehead atoms. The van der Waals surface area contributed by atoms with Gasteiger partial charge in [-0.1, -0.05) is 51.4 Å². The van der Waals surface area contributed by atoms with Gasteiger partial charge in [-0.3, -0.25) is 0 Å². The topological polar surface area (TPSA) is 102 Å². The van der Waals surface area contributed by atoms with Gasteiger partial charge in [-0.2, -0.15) is 0 Å². The van der Waals surface area contributed by atoms with Crippen LogP contribution in [-0.2, 0) is 50.2 Å². The summed E-state index contributed by atoms with van der Waals surface area (Å²) in [6.07, 6.45) is 15.7. The molecule has 0 aliphatic carbocycles. The molecule has 1 atom stereocenters. The maximum atomic E-state index is 5.81. The first-order chi connectivity index (χ1) is 22.0. The van der Waals surface area contributed by atoms with E-state index in [0.717, 1.165) is 97.6 Å². The minimum Gasteiger partial charge on any atom is -0.382 e. The monoisotopic (exact) mass is 686 g/mol. The molecule has 272 valence electrons. The van der Waals surface area contributed by atoms with Gasteiger partial charge in [0, 0.05) is 108 Å². The smallest absolute Gasteiger partial charge is 0.382 e. The Morgan fingerprint density at radius 1 is 0.356 bits per heavy atom. The zero-order valence-corrected chi connectivity index (χ0v) is 32.0. The van der Waals surface area contributed by atoms with Crippen molar-refractivity contribution in [1.29, 1.82) is 0 Å². The largest absolute Gasteiger partial charge is 0.503 e. The molecule has 0 rings (SSSR count). The molecule has 0 fully saturated rings. The summed E-state index contributed by atoms with van der Waals surface area (Å²) in [6, 6.07) is 0.606. The lowest BCUT2D eigenvalue weighted by atomic mass is 10.1. The molecule has 0 saturated carbocycles. The van der Waals surface area contributed by atoms with Crippen LogP contribution in [0, 0.1) is 0 Å². The third kappa shape index (κ3) is 23.1. The summed E-state index contributed by atoms with van der Waals surface area (Å²) >= 11 is 0. The van der Waals surface area contributed by atoms with Crippen LogP contribution in [-0.4, -0.2) is 127 Å². The molecule has 0 aromatic heterocycles. The Morgan fingerprint density at radius 2 is 0.711 bits per heavy atom. The fourth-order valence-corrected chi connectivity index (χ4v) is 10.9. The van der Waals surface area contributed by atoms with Gasteiger partial charge in [-0.15, -0.1) is 0 Å². The summed E-state index contributed by atoms with van der Waals surface area (Å²) in [5.41, 5.74) is 0.0514. The van der Waals surface area contributed by atoms with Gasteiger partial charge in [0.05, 0.1) is 13.2 Å². The van der Waals surface area contributed by atoms with E-state index in [-0.39, 0.29) is 5.54 Å². The van der Waals surface area contributed by atoms with Crippen molar-refractivity contribution in [2.24, 2.45) is 0 Å². The molecule has 0 aliphatic heterocycles. The van der Waals surface area contributed by atoms with Crippen molar-refractivity contribution in [3.05, 3.63) is 0 Å². The van der Waals surface area contributed by atoms with Crippen LogP contribution in [0.25, 0.3) is 0 Å². The number of ether oxygens (including phenoxy) is 5. The Hall–Kier alpha value is -0.00623. The van der Waals surface area contributed by atoms with Crippen LogP contribution in [0.3, 0.4) is 0 Å². The maximum Gasteiger partial charge on any atom is 0.503 e. The molecule has 0 aliphatic rings. The number of methoxy groups -OCH3 is 1. The lowest BCUT2D eigenvalue weighted by molar-refractivity contribution is 0.0506. The summed E-state index contributed by atoms with van der Waals surface area (Å²) in [6.45, 7) is 6.89. The van der Waals surface area contributed by atoms with Gasteiger partial charge in [0.25, 0.3) is 0 Å². The molecule has 0 N–H and O–H groups in total. The molecule has 45 heavy (non-hydrogen) atoms. The second-order valence-electron chi connectivity index (χ2n) is 11.2. The third-order valence-corrected chi connectivity index (χ3v) is 14.5. The van der Waals surface area contributed by atoms with Gasteiger partial charge < -0.3 is 50.2 Å². The number of rotatable bonds is 37. The molecule has 0 heterocycles. The SMILES string of the molecule is COCCOCCCOCCCCCCOCCCOCCCCCCCCCC(C[Si](OC)(OC)OC)[Si](OC)(OC)OC. The van der Waals surface area contributed by atoms with Gasteiger partial charge in [0.1, 0.15) is 0 Å². The van der Waals surface area contributed by atoms with E-state index >= 15 is 0 Å². The molecular formula is C32H70O11Si2. The molecule has 0 saturated heterocycles. The standard InChI is InChI=1S/C32H70O11Si2/c1-33-29-30-43-28-20-27-42-24-18-14-13-17-23-41-26-19-25-40-22-16-12-10-8-9-11-15-21-32(45(37-5,38-6)39-7)31-44(34-2,35-3)36-4/h32H,8-31H2,1-7H3. The van der Waals surface area contributed by atoms with Crippen LogP contribution in [0.4, 0.5) is 0 Å². The molecule has 0 aromatic carbocycles. The molecular weight excluding hydrogens is 617 g/mol. The zero-order chi connectivity index (χ0) is 33.3. The molecule has 11 nitrogen and oxygen atoms in total. The molecule has 0 radical (unpaired) electrons. The fraction of sp³-hybridized carbons (Fsp3) is 1.00. The van der Waals surface area contributed by atoms with Crippen molar-refractivity contribution in [2.75, 3.05) is 109 Å². The Balaban J connectivity index is 3.65. The van der Waals surface area contributed by atoms with Gasteiger partial charge in [-0.05, 0) is 38.5 Å². The zero-order valence-electron chi connectivity index (χ0n) is 30.0. The van der Waals surface area contributed by atoms with Gasteiger partial charge in [0.2, 0.25) is 0 Å². The van der Waals surface area contributed by atoms with Crippen LogP contribution in [0.1, 0.15) is 89.9 Å². The van der Waals surface area contributed by atoms with Gasteiger partial charge in [-0.25, -0.2) is 0 Å². The van der Waals surface area contributed by atoms with E-state index < -0.39 is 17.6 Å². The summed E-state index contributed by atoms with van der Waals surface area (Å²) in [7, 11) is 5.92. The minimum absolute atomic E-state index is 0.0514. The summed E-state index contributed by atoms with van der Waals surface area (Å²) in [4.78, 5) is 0. The van der Waals surface area contributed by atoms with E-state index in [9.17, 15) is 0 Å². The molecule has 0 aromatic rings. The summed E-state index contributed by atoms with van der Waals surface area (Å²) in [5.74, 6) is 0. The Bertz CT molecular complexity index is 583. The van der Waals surface area contributed by atoms with Crippen molar-refractivity contribution >= 4 is 17.6 Å². The van der Waals surface area contributed by atoms with Crippen molar-refractivity contribution < 1.29 is 50.2 Å². The lowest BCUT2D eigenvalue weighted by Gasteiger charge is -2.36. The number of hydrogen-bond acceptors (Lipinski definition) is 11. The average molecular weight is 687 g/mol. The highest BCUT2D eigenvalue weighted by Gasteiger charge is 2.53.